The van der Waals surface area contributed by atoms with Gasteiger partial charge in [-0.15, -0.1) is 0 Å². The predicted octanol–water partition coefficient (Wildman–Crippen LogP) is 2.61. The lowest BCUT2D eigenvalue weighted by molar-refractivity contribution is -0.139. The summed E-state index contributed by atoms with van der Waals surface area (Å²) >= 11 is 0. The summed E-state index contributed by atoms with van der Waals surface area (Å²) in [5.41, 5.74) is 2.26. The first kappa shape index (κ1) is 24.5. The topological polar surface area (TPSA) is 99.8 Å². The number of methoxy groups -OCH3 is 1. The molecule has 34 heavy (non-hydrogen) atoms. The monoisotopic (exact) mass is 470 g/mol. The SMILES string of the molecule is COC[C@@H]1Nc2ccccc2[C@H]2[C@H]1CCN2C(=O)[C@H]1CCCC[C@H]1NC(=O)CCCNC(C)=O. The third-order valence-electron chi connectivity index (χ3n) is 7.60. The number of fused-ring (bicyclic) bond motifs is 3. The second-order valence-corrected chi connectivity index (χ2v) is 9.87. The van der Waals surface area contributed by atoms with Crippen LogP contribution in [0.25, 0.3) is 0 Å². The first-order valence-corrected chi connectivity index (χ1v) is 12.7. The van der Waals surface area contributed by atoms with Gasteiger partial charge < -0.3 is 25.6 Å². The van der Waals surface area contributed by atoms with E-state index in [1.165, 1.54) is 12.5 Å². The molecule has 1 aromatic rings. The smallest absolute Gasteiger partial charge is 0.228 e. The molecule has 1 saturated carbocycles. The molecule has 1 saturated heterocycles. The number of benzene rings is 1. The van der Waals surface area contributed by atoms with Gasteiger partial charge in [0.05, 0.1) is 24.6 Å². The van der Waals surface area contributed by atoms with E-state index in [1.807, 2.05) is 12.1 Å². The first-order chi connectivity index (χ1) is 16.5. The molecule has 0 aromatic heterocycles. The molecule has 2 heterocycles. The third kappa shape index (κ3) is 5.37. The van der Waals surface area contributed by atoms with Crippen LogP contribution in [0.3, 0.4) is 0 Å². The number of likely N-dealkylation sites (tertiary alicyclic amines) is 1. The molecule has 0 unspecified atom stereocenters. The van der Waals surface area contributed by atoms with Crippen LogP contribution in [0, 0.1) is 11.8 Å². The van der Waals surface area contributed by atoms with E-state index < -0.39 is 0 Å². The van der Waals surface area contributed by atoms with Crippen LogP contribution in [0.1, 0.15) is 63.5 Å². The highest BCUT2D eigenvalue weighted by molar-refractivity contribution is 5.83. The summed E-state index contributed by atoms with van der Waals surface area (Å²) in [6.07, 6.45) is 5.57. The summed E-state index contributed by atoms with van der Waals surface area (Å²) in [7, 11) is 1.72. The molecule has 4 rings (SSSR count). The van der Waals surface area contributed by atoms with Crippen molar-refractivity contribution in [2.75, 3.05) is 32.1 Å². The zero-order valence-corrected chi connectivity index (χ0v) is 20.3. The van der Waals surface area contributed by atoms with Gasteiger partial charge in [0.1, 0.15) is 0 Å². The van der Waals surface area contributed by atoms with Crippen LogP contribution in [0.15, 0.2) is 24.3 Å². The summed E-state index contributed by atoms with van der Waals surface area (Å²) in [4.78, 5) is 39.6. The van der Waals surface area contributed by atoms with E-state index in [0.717, 1.165) is 44.3 Å². The van der Waals surface area contributed by atoms with Gasteiger partial charge in [-0.2, -0.15) is 0 Å². The second-order valence-electron chi connectivity index (χ2n) is 9.87. The number of carbonyl (C=O) groups is 3. The Bertz CT molecular complexity index is 891. The van der Waals surface area contributed by atoms with Crippen molar-refractivity contribution in [1.29, 1.82) is 0 Å². The first-order valence-electron chi connectivity index (χ1n) is 12.7. The zero-order chi connectivity index (χ0) is 24.1. The summed E-state index contributed by atoms with van der Waals surface area (Å²) in [6, 6.07) is 8.37. The van der Waals surface area contributed by atoms with Crippen molar-refractivity contribution in [1.82, 2.24) is 15.5 Å². The van der Waals surface area contributed by atoms with E-state index in [1.54, 1.807) is 7.11 Å². The molecule has 0 spiro atoms. The molecule has 0 radical (unpaired) electrons. The van der Waals surface area contributed by atoms with E-state index >= 15 is 0 Å². The van der Waals surface area contributed by atoms with Gasteiger partial charge in [-0.25, -0.2) is 0 Å². The van der Waals surface area contributed by atoms with Crippen LogP contribution in [0.5, 0.6) is 0 Å². The summed E-state index contributed by atoms with van der Waals surface area (Å²) in [5.74, 6) is 0.166. The minimum Gasteiger partial charge on any atom is -0.383 e. The Labute approximate surface area is 202 Å². The van der Waals surface area contributed by atoms with Gasteiger partial charge in [0.25, 0.3) is 0 Å². The van der Waals surface area contributed by atoms with Crippen molar-refractivity contribution in [2.24, 2.45) is 11.8 Å². The van der Waals surface area contributed by atoms with Crippen molar-refractivity contribution in [3.8, 4) is 0 Å². The number of hydrogen-bond acceptors (Lipinski definition) is 5. The third-order valence-corrected chi connectivity index (χ3v) is 7.60. The van der Waals surface area contributed by atoms with Crippen LogP contribution in [-0.4, -0.2) is 61.5 Å². The Kier molecular flexibility index (Phi) is 8.08. The maximum Gasteiger partial charge on any atom is 0.228 e. The van der Waals surface area contributed by atoms with Crippen molar-refractivity contribution in [3.63, 3.8) is 0 Å². The number of nitrogens with zero attached hydrogens (tertiary/aromatic N) is 1. The van der Waals surface area contributed by atoms with E-state index in [0.29, 0.717) is 31.9 Å². The van der Waals surface area contributed by atoms with Gasteiger partial charge in [0.2, 0.25) is 17.7 Å². The van der Waals surface area contributed by atoms with Crippen LogP contribution in [0.4, 0.5) is 5.69 Å². The molecular weight excluding hydrogens is 432 g/mol. The number of nitrogens with one attached hydrogen (secondary N) is 3. The molecule has 8 nitrogen and oxygen atoms in total. The Hall–Kier alpha value is -2.61. The van der Waals surface area contributed by atoms with Crippen molar-refractivity contribution in [2.45, 2.75) is 70.0 Å². The maximum absolute atomic E-state index is 13.9. The lowest BCUT2D eigenvalue weighted by Crippen LogP contribution is -2.50. The van der Waals surface area contributed by atoms with E-state index in [-0.39, 0.29) is 41.8 Å². The average Bonchev–Trinajstić information content (AvgIpc) is 3.28. The van der Waals surface area contributed by atoms with Crippen molar-refractivity contribution >= 4 is 23.4 Å². The maximum atomic E-state index is 13.9. The predicted molar refractivity (Wildman–Crippen MR) is 130 cm³/mol. The minimum atomic E-state index is -0.185. The fraction of sp³-hybridized carbons (Fsp3) is 0.654. The molecule has 3 aliphatic rings. The summed E-state index contributed by atoms with van der Waals surface area (Å²) in [6.45, 7) is 3.30. The number of amides is 3. The molecule has 2 fully saturated rings. The van der Waals surface area contributed by atoms with Gasteiger partial charge in [-0.05, 0) is 37.3 Å². The Morgan fingerprint density at radius 2 is 1.94 bits per heavy atom. The van der Waals surface area contributed by atoms with Crippen LogP contribution >= 0.6 is 0 Å². The standard InChI is InChI=1S/C26H38N4O4/c1-17(31)27-14-7-12-24(32)29-22-11-6-4-9-20(22)26(33)30-15-13-19-23(16-34-2)28-21-10-5-3-8-18(21)25(19)30/h3,5,8,10,19-20,22-23,25,28H,4,6-7,9,11-16H2,1-2H3,(H,27,31)(H,29,32)/t19-,20-,22+,23-,25-/m0/s1. The molecule has 1 aromatic carbocycles. The highest BCUT2D eigenvalue weighted by Gasteiger charge is 2.48. The fourth-order valence-electron chi connectivity index (χ4n) is 6.03. The lowest BCUT2D eigenvalue weighted by Gasteiger charge is -2.41. The van der Waals surface area contributed by atoms with Gasteiger partial charge in [0.15, 0.2) is 0 Å². The number of ether oxygens (including phenoxy) is 1. The van der Waals surface area contributed by atoms with Crippen LogP contribution < -0.4 is 16.0 Å². The van der Waals surface area contributed by atoms with Gasteiger partial charge >= 0.3 is 0 Å². The molecule has 186 valence electrons. The highest BCUT2D eigenvalue weighted by Crippen LogP contribution is 2.47. The normalized spacial score (nSPS) is 27.8. The number of anilines is 1. The van der Waals surface area contributed by atoms with E-state index in [4.69, 9.17) is 4.74 Å². The van der Waals surface area contributed by atoms with Crippen LogP contribution in [0.2, 0.25) is 0 Å². The zero-order valence-electron chi connectivity index (χ0n) is 20.3. The van der Waals surface area contributed by atoms with Gasteiger partial charge in [0, 0.05) is 51.2 Å². The van der Waals surface area contributed by atoms with E-state index in [9.17, 15) is 14.4 Å². The van der Waals surface area contributed by atoms with Crippen LogP contribution in [-0.2, 0) is 19.1 Å². The Morgan fingerprint density at radius 1 is 1.15 bits per heavy atom. The lowest BCUT2D eigenvalue weighted by atomic mass is 9.81. The van der Waals surface area contributed by atoms with Crippen molar-refractivity contribution < 1.29 is 19.1 Å². The molecule has 3 amide bonds. The Balaban J connectivity index is 1.45. The van der Waals surface area contributed by atoms with Gasteiger partial charge in [-0.1, -0.05) is 31.0 Å². The minimum absolute atomic E-state index is 0.0401. The molecule has 8 heteroatoms. The molecule has 1 aliphatic carbocycles. The molecule has 5 atom stereocenters. The number of carbonyl (C=O) groups excluding carboxylic acids is 3. The molecule has 3 N–H and O–H groups in total. The highest BCUT2D eigenvalue weighted by atomic mass is 16.5. The van der Waals surface area contributed by atoms with E-state index in [2.05, 4.69) is 33.0 Å². The summed E-state index contributed by atoms with van der Waals surface area (Å²) in [5, 5.41) is 9.50. The number of hydrogen-bond donors (Lipinski definition) is 3. The molecule has 2 aliphatic heterocycles. The number of para-hydroxylation sites is 1. The summed E-state index contributed by atoms with van der Waals surface area (Å²) < 4.78 is 5.49. The average molecular weight is 471 g/mol. The Morgan fingerprint density at radius 3 is 2.74 bits per heavy atom. The second kappa shape index (κ2) is 11.2. The fourth-order valence-corrected chi connectivity index (χ4v) is 6.03. The largest absolute Gasteiger partial charge is 0.383 e. The quantitative estimate of drug-likeness (QED) is 0.507. The van der Waals surface area contributed by atoms with Crippen molar-refractivity contribution in [3.05, 3.63) is 29.8 Å². The molecular formula is C26H38N4O4. The number of rotatable bonds is 8. The molecule has 0 bridgehead atoms. The van der Waals surface area contributed by atoms with Gasteiger partial charge in [-0.3, -0.25) is 14.4 Å².